The van der Waals surface area contributed by atoms with Gasteiger partial charge in [-0.15, -0.1) is 5.92 Å². The van der Waals surface area contributed by atoms with E-state index in [4.69, 9.17) is 5.73 Å². The molecule has 4 N–H and O–H groups in total. The molecule has 204 valence electrons. The summed E-state index contributed by atoms with van der Waals surface area (Å²) < 4.78 is 4.32. The molecule has 1 unspecified atom stereocenters. The van der Waals surface area contributed by atoms with E-state index in [-0.39, 0.29) is 30.7 Å². The average Bonchev–Trinajstić information content (AvgIpc) is 3.26. The first-order chi connectivity index (χ1) is 18.8. The normalized spacial score (nSPS) is 18.3. The molecule has 3 aromatic heterocycles. The number of aryl methyl sites for hydroxylation is 1. The maximum atomic E-state index is 14.1. The third-order valence-electron chi connectivity index (χ3n) is 7.81. The number of hydrogen-bond acceptors (Lipinski definition) is 8. The van der Waals surface area contributed by atoms with Crippen molar-refractivity contribution in [2.75, 3.05) is 18.0 Å². The van der Waals surface area contributed by atoms with Crippen LogP contribution in [0.1, 0.15) is 62.1 Å². The third-order valence-corrected chi connectivity index (χ3v) is 7.81. The van der Waals surface area contributed by atoms with Crippen molar-refractivity contribution in [3.63, 3.8) is 0 Å². The molecule has 1 saturated carbocycles. The highest BCUT2D eigenvalue weighted by atomic mass is 16.3. The maximum Gasteiger partial charge on any atom is 0.331 e. The van der Waals surface area contributed by atoms with E-state index in [1.165, 1.54) is 10.8 Å². The van der Waals surface area contributed by atoms with Gasteiger partial charge < -0.3 is 20.3 Å². The number of aliphatic hydroxyl groups excluding tert-OH is 1. The fourth-order valence-electron chi connectivity index (χ4n) is 5.60. The van der Waals surface area contributed by atoms with Gasteiger partial charge in [-0.1, -0.05) is 12.3 Å². The first kappa shape index (κ1) is 26.7. The number of pyridine rings is 1. The summed E-state index contributed by atoms with van der Waals surface area (Å²) in [4.78, 5) is 34.2. The van der Waals surface area contributed by atoms with E-state index in [1.807, 2.05) is 4.57 Å². The van der Waals surface area contributed by atoms with Crippen LogP contribution in [0.2, 0.25) is 0 Å². The zero-order valence-electron chi connectivity index (χ0n) is 22.4. The van der Waals surface area contributed by atoms with Gasteiger partial charge in [0.15, 0.2) is 0 Å². The fraction of sp³-hybridized carbons (Fsp3) is 0.500. The number of hydrogen-bond donors (Lipinski definition) is 3. The van der Waals surface area contributed by atoms with Gasteiger partial charge in [0, 0.05) is 38.4 Å². The molecule has 3 aromatic rings. The summed E-state index contributed by atoms with van der Waals surface area (Å²) in [7, 11) is 1.60. The standard InChI is InChI=1S/C28H34N8O3/c1-3-4-14-35-24-23(33(2)28(39)36(27(24)38)17-21-18(15-29)8-6-12-31-21)22(25(37)32-20-10-5-11-20)26(35)34-13-7-9-19(30)16-34/h6,8,12,19-20,25,32,37H,5,7,9-11,13-14,16-17,30H2,1-2H3/t19-,25?/m1/s1. The molecule has 5 rings (SSSR count). The second kappa shape index (κ2) is 11.1. The number of anilines is 1. The summed E-state index contributed by atoms with van der Waals surface area (Å²) in [6, 6.07) is 5.43. The quantitative estimate of drug-likeness (QED) is 0.302. The fourth-order valence-corrected chi connectivity index (χ4v) is 5.60. The Labute approximate surface area is 226 Å². The van der Waals surface area contributed by atoms with Gasteiger partial charge in [-0.3, -0.25) is 24.2 Å². The van der Waals surface area contributed by atoms with Crippen molar-refractivity contribution >= 4 is 16.9 Å². The van der Waals surface area contributed by atoms with Crippen LogP contribution >= 0.6 is 0 Å². The highest BCUT2D eigenvalue weighted by molar-refractivity contribution is 5.87. The average molecular weight is 531 g/mol. The van der Waals surface area contributed by atoms with Crippen LogP contribution in [0.4, 0.5) is 5.82 Å². The molecular weight excluding hydrogens is 496 g/mol. The Hall–Kier alpha value is -3.90. The lowest BCUT2D eigenvalue weighted by Crippen LogP contribution is -2.45. The zero-order valence-corrected chi connectivity index (χ0v) is 22.4. The number of piperidine rings is 1. The predicted molar refractivity (Wildman–Crippen MR) is 148 cm³/mol. The summed E-state index contributed by atoms with van der Waals surface area (Å²) in [5.74, 6) is 6.64. The minimum Gasteiger partial charge on any atom is -0.374 e. The molecule has 2 fully saturated rings. The van der Waals surface area contributed by atoms with Crippen molar-refractivity contribution in [1.82, 2.24) is 24.0 Å². The number of rotatable bonds is 7. The first-order valence-electron chi connectivity index (χ1n) is 13.4. The number of nitrogens with two attached hydrogens (primary N) is 1. The molecule has 0 bridgehead atoms. The molecule has 2 atom stereocenters. The lowest BCUT2D eigenvalue weighted by Gasteiger charge is -2.35. The van der Waals surface area contributed by atoms with E-state index in [2.05, 4.69) is 33.1 Å². The van der Waals surface area contributed by atoms with Crippen molar-refractivity contribution in [2.45, 2.75) is 70.4 Å². The molecule has 1 aliphatic carbocycles. The summed E-state index contributed by atoms with van der Waals surface area (Å²) >= 11 is 0. The number of nitrogens with one attached hydrogen (secondary N) is 1. The summed E-state index contributed by atoms with van der Waals surface area (Å²) in [5.41, 5.74) is 7.03. The smallest absolute Gasteiger partial charge is 0.331 e. The van der Waals surface area contributed by atoms with Crippen LogP contribution < -0.4 is 27.2 Å². The largest absolute Gasteiger partial charge is 0.374 e. The van der Waals surface area contributed by atoms with Crippen LogP contribution in [0.5, 0.6) is 0 Å². The van der Waals surface area contributed by atoms with Crippen molar-refractivity contribution in [2.24, 2.45) is 12.8 Å². The van der Waals surface area contributed by atoms with E-state index in [0.717, 1.165) is 36.7 Å². The Kier molecular flexibility index (Phi) is 7.58. The highest BCUT2D eigenvalue weighted by Crippen LogP contribution is 2.37. The molecule has 4 heterocycles. The summed E-state index contributed by atoms with van der Waals surface area (Å²) in [5, 5.41) is 24.4. The monoisotopic (exact) mass is 530 g/mol. The van der Waals surface area contributed by atoms with Crippen molar-refractivity contribution in [3.05, 3.63) is 56.0 Å². The Morgan fingerprint density at radius 3 is 2.69 bits per heavy atom. The van der Waals surface area contributed by atoms with Gasteiger partial charge in [0.2, 0.25) is 0 Å². The van der Waals surface area contributed by atoms with Gasteiger partial charge in [-0.05, 0) is 44.7 Å². The second-order valence-corrected chi connectivity index (χ2v) is 10.3. The van der Waals surface area contributed by atoms with Crippen molar-refractivity contribution < 1.29 is 5.11 Å². The number of fused-ring (bicyclic) bond motifs is 1. The first-order valence-corrected chi connectivity index (χ1v) is 13.4. The zero-order chi connectivity index (χ0) is 27.7. The number of nitriles is 1. The number of nitrogens with zero attached hydrogens (tertiary/aromatic N) is 6. The summed E-state index contributed by atoms with van der Waals surface area (Å²) in [6.45, 7) is 3.03. The predicted octanol–water partition coefficient (Wildman–Crippen LogP) is 0.900. The van der Waals surface area contributed by atoms with Crippen molar-refractivity contribution in [1.29, 1.82) is 5.26 Å². The van der Waals surface area contributed by atoms with Crippen LogP contribution in [0.25, 0.3) is 11.0 Å². The molecule has 1 aliphatic heterocycles. The molecule has 0 amide bonds. The van der Waals surface area contributed by atoms with Gasteiger partial charge in [-0.2, -0.15) is 5.26 Å². The van der Waals surface area contributed by atoms with Crippen LogP contribution in [-0.2, 0) is 20.1 Å². The van der Waals surface area contributed by atoms with E-state index in [0.29, 0.717) is 41.2 Å². The van der Waals surface area contributed by atoms with Crippen molar-refractivity contribution in [3.8, 4) is 17.9 Å². The molecule has 11 heteroatoms. The van der Waals surface area contributed by atoms with E-state index in [1.54, 1.807) is 26.1 Å². The Bertz CT molecular complexity index is 1610. The van der Waals surface area contributed by atoms with Gasteiger partial charge >= 0.3 is 5.69 Å². The van der Waals surface area contributed by atoms with Gasteiger partial charge in [-0.25, -0.2) is 4.79 Å². The maximum absolute atomic E-state index is 14.1. The Morgan fingerprint density at radius 1 is 1.23 bits per heavy atom. The molecular formula is C28H34N8O3. The number of aromatic nitrogens is 4. The summed E-state index contributed by atoms with van der Waals surface area (Å²) in [6.07, 6.45) is 5.20. The molecule has 0 aromatic carbocycles. The second-order valence-electron chi connectivity index (χ2n) is 10.3. The van der Waals surface area contributed by atoms with Gasteiger partial charge in [0.05, 0.1) is 35.4 Å². The molecule has 2 aliphatic rings. The van der Waals surface area contributed by atoms with E-state index >= 15 is 0 Å². The Balaban J connectivity index is 1.80. The van der Waals surface area contributed by atoms with Crippen LogP contribution in [0.15, 0.2) is 27.9 Å². The van der Waals surface area contributed by atoms with Crippen LogP contribution in [-0.4, -0.2) is 49.0 Å². The molecule has 11 nitrogen and oxygen atoms in total. The van der Waals surface area contributed by atoms with E-state index in [9.17, 15) is 20.0 Å². The van der Waals surface area contributed by atoms with Gasteiger partial charge in [0.1, 0.15) is 23.6 Å². The number of aliphatic hydroxyl groups is 1. The lowest BCUT2D eigenvalue weighted by atomic mass is 9.93. The lowest BCUT2D eigenvalue weighted by molar-refractivity contribution is 0.106. The molecule has 0 spiro atoms. The third kappa shape index (κ3) is 4.85. The van der Waals surface area contributed by atoms with E-state index < -0.39 is 17.5 Å². The Morgan fingerprint density at radius 2 is 2.03 bits per heavy atom. The van der Waals surface area contributed by atoms with Gasteiger partial charge in [0.25, 0.3) is 5.56 Å². The molecule has 1 saturated heterocycles. The molecule has 0 radical (unpaired) electrons. The van der Waals surface area contributed by atoms with Crippen LogP contribution in [0.3, 0.4) is 0 Å². The minimum atomic E-state index is -1.09. The topological polar surface area (TPSA) is 147 Å². The SMILES string of the molecule is CC#CCn1c(N2CCC[C@@H](N)C2)c(C(O)NC2CCC2)c2c1c(=O)n(Cc1ncccc1C#N)c(=O)n2C. The minimum absolute atomic E-state index is 0.0545. The highest BCUT2D eigenvalue weighted by Gasteiger charge is 2.34. The molecule has 39 heavy (non-hydrogen) atoms. The van der Waals surface area contributed by atoms with Crippen LogP contribution in [0, 0.1) is 23.2 Å².